The highest BCUT2D eigenvalue weighted by atomic mass is 35.5. The van der Waals surface area contributed by atoms with Crippen molar-refractivity contribution in [3.05, 3.63) is 58.9 Å². The molecule has 0 saturated carbocycles. The molecule has 3 rings (SSSR count). The summed E-state index contributed by atoms with van der Waals surface area (Å²) in [4.78, 5) is 0. The first-order chi connectivity index (χ1) is 12.3. The molecule has 0 radical (unpaired) electrons. The van der Waals surface area contributed by atoms with E-state index >= 15 is 0 Å². The molecule has 0 aliphatic heterocycles. The zero-order valence-electron chi connectivity index (χ0n) is 13.4. The van der Waals surface area contributed by atoms with E-state index < -0.39 is 15.8 Å². The number of hydrogen-bond acceptors (Lipinski definition) is 6. The highest BCUT2D eigenvalue weighted by molar-refractivity contribution is 7.98. The van der Waals surface area contributed by atoms with Gasteiger partial charge in [-0.3, -0.25) is 4.72 Å². The van der Waals surface area contributed by atoms with Gasteiger partial charge in [-0.05, 0) is 36.4 Å². The first kappa shape index (κ1) is 18.7. The second-order valence-corrected chi connectivity index (χ2v) is 8.40. The highest BCUT2D eigenvalue weighted by Gasteiger charge is 2.13. The van der Waals surface area contributed by atoms with E-state index in [1.54, 1.807) is 36.4 Å². The van der Waals surface area contributed by atoms with E-state index in [4.69, 9.17) is 16.0 Å². The Bertz CT molecular complexity index is 1000. The number of anilines is 1. The van der Waals surface area contributed by atoms with Gasteiger partial charge in [0.15, 0.2) is 0 Å². The van der Waals surface area contributed by atoms with Crippen molar-refractivity contribution >= 4 is 39.1 Å². The molecule has 136 valence electrons. The Kier molecular flexibility index (Phi) is 5.49. The SMILES string of the molecule is CS(=O)(=O)Nc1ccc(-c2nnc(SCc3c(F)cccc3Cl)o2)cc1. The zero-order chi connectivity index (χ0) is 18.7. The van der Waals surface area contributed by atoms with Crippen molar-refractivity contribution in [3.8, 4) is 11.5 Å². The molecule has 26 heavy (non-hydrogen) atoms. The molecule has 0 bridgehead atoms. The van der Waals surface area contributed by atoms with E-state index in [0.717, 1.165) is 6.26 Å². The highest BCUT2D eigenvalue weighted by Crippen LogP contribution is 2.29. The van der Waals surface area contributed by atoms with Crippen LogP contribution in [0.5, 0.6) is 0 Å². The van der Waals surface area contributed by atoms with Crippen molar-refractivity contribution in [1.82, 2.24) is 10.2 Å². The summed E-state index contributed by atoms with van der Waals surface area (Å²) in [7, 11) is -3.34. The molecular formula is C16H13ClFN3O3S2. The van der Waals surface area contributed by atoms with Crippen LogP contribution in [0.3, 0.4) is 0 Å². The number of nitrogens with one attached hydrogen (secondary N) is 1. The van der Waals surface area contributed by atoms with Crippen molar-refractivity contribution in [1.29, 1.82) is 0 Å². The molecule has 6 nitrogen and oxygen atoms in total. The lowest BCUT2D eigenvalue weighted by Gasteiger charge is -2.04. The normalized spacial score (nSPS) is 11.5. The van der Waals surface area contributed by atoms with Crippen LogP contribution in [-0.4, -0.2) is 24.9 Å². The molecule has 0 atom stereocenters. The quantitative estimate of drug-likeness (QED) is 0.610. The van der Waals surface area contributed by atoms with Gasteiger partial charge in [-0.25, -0.2) is 12.8 Å². The lowest BCUT2D eigenvalue weighted by atomic mass is 10.2. The molecule has 0 amide bonds. The first-order valence-electron chi connectivity index (χ1n) is 7.29. The fourth-order valence-electron chi connectivity index (χ4n) is 2.08. The first-order valence-corrected chi connectivity index (χ1v) is 10.5. The number of sulfonamides is 1. The maximum Gasteiger partial charge on any atom is 0.277 e. The maximum absolute atomic E-state index is 13.8. The summed E-state index contributed by atoms with van der Waals surface area (Å²) < 4.78 is 44.1. The maximum atomic E-state index is 13.8. The molecule has 0 spiro atoms. The lowest BCUT2D eigenvalue weighted by molar-refractivity contribution is 0.465. The minimum absolute atomic E-state index is 0.254. The number of nitrogens with zero attached hydrogens (tertiary/aromatic N) is 2. The van der Waals surface area contributed by atoms with Crippen LogP contribution in [0.15, 0.2) is 52.1 Å². The minimum Gasteiger partial charge on any atom is -0.411 e. The summed E-state index contributed by atoms with van der Waals surface area (Å²) in [6.07, 6.45) is 1.07. The van der Waals surface area contributed by atoms with Gasteiger partial charge in [0.2, 0.25) is 15.9 Å². The standard InChI is InChI=1S/C16H13ClFN3O3S2/c1-26(22,23)21-11-7-5-10(6-8-11)15-19-20-16(24-15)25-9-12-13(17)3-2-4-14(12)18/h2-8,21H,9H2,1H3. The van der Waals surface area contributed by atoms with Crippen molar-refractivity contribution in [2.75, 3.05) is 11.0 Å². The van der Waals surface area contributed by atoms with Crippen molar-refractivity contribution < 1.29 is 17.2 Å². The Balaban J connectivity index is 1.70. The van der Waals surface area contributed by atoms with Crippen LogP contribution < -0.4 is 4.72 Å². The molecule has 0 aliphatic carbocycles. The Morgan fingerprint density at radius 1 is 1.19 bits per heavy atom. The Morgan fingerprint density at radius 2 is 1.92 bits per heavy atom. The number of rotatable bonds is 6. The van der Waals surface area contributed by atoms with Crippen molar-refractivity contribution in [2.45, 2.75) is 11.0 Å². The van der Waals surface area contributed by atoms with Gasteiger partial charge in [0.25, 0.3) is 5.22 Å². The molecule has 0 unspecified atom stereocenters. The summed E-state index contributed by atoms with van der Waals surface area (Å²) >= 11 is 7.16. The summed E-state index contributed by atoms with van der Waals surface area (Å²) in [5.41, 5.74) is 1.43. The van der Waals surface area contributed by atoms with Gasteiger partial charge in [-0.15, -0.1) is 10.2 Å². The molecule has 2 aromatic carbocycles. The van der Waals surface area contributed by atoms with E-state index in [0.29, 0.717) is 21.8 Å². The summed E-state index contributed by atoms with van der Waals surface area (Å²) in [6, 6.07) is 11.0. The van der Waals surface area contributed by atoms with E-state index in [9.17, 15) is 12.8 Å². The largest absolute Gasteiger partial charge is 0.411 e. The van der Waals surface area contributed by atoms with Crippen LogP contribution in [0.4, 0.5) is 10.1 Å². The second-order valence-electron chi connectivity index (χ2n) is 5.31. The zero-order valence-corrected chi connectivity index (χ0v) is 15.8. The molecule has 1 aromatic heterocycles. The monoisotopic (exact) mass is 413 g/mol. The number of hydrogen-bond donors (Lipinski definition) is 1. The Morgan fingerprint density at radius 3 is 2.58 bits per heavy atom. The average Bonchev–Trinajstić information content (AvgIpc) is 3.02. The lowest BCUT2D eigenvalue weighted by Crippen LogP contribution is -2.09. The predicted octanol–water partition coefficient (Wildman–Crippen LogP) is 4.19. The summed E-state index contributed by atoms with van der Waals surface area (Å²) in [6.45, 7) is 0. The summed E-state index contributed by atoms with van der Waals surface area (Å²) in [5.74, 6) is 0.140. The molecular weight excluding hydrogens is 401 g/mol. The molecule has 0 saturated heterocycles. The number of thioether (sulfide) groups is 1. The average molecular weight is 414 g/mol. The van der Waals surface area contributed by atoms with Gasteiger partial charge < -0.3 is 4.42 Å². The van der Waals surface area contributed by atoms with Crippen molar-refractivity contribution in [3.63, 3.8) is 0 Å². The fourth-order valence-corrected chi connectivity index (χ4v) is 3.75. The minimum atomic E-state index is -3.34. The van der Waals surface area contributed by atoms with Gasteiger partial charge in [0.1, 0.15) is 5.82 Å². The summed E-state index contributed by atoms with van der Waals surface area (Å²) in [5, 5.41) is 8.48. The number of halogens is 2. The van der Waals surface area contributed by atoms with Crippen LogP contribution in [0.1, 0.15) is 5.56 Å². The molecule has 0 fully saturated rings. The van der Waals surface area contributed by atoms with Crippen LogP contribution in [-0.2, 0) is 15.8 Å². The Hall–Kier alpha value is -2.10. The van der Waals surface area contributed by atoms with Gasteiger partial charge in [0.05, 0.1) is 6.26 Å². The van der Waals surface area contributed by atoms with Gasteiger partial charge >= 0.3 is 0 Å². The molecule has 1 heterocycles. The third-order valence-electron chi connectivity index (χ3n) is 3.24. The molecule has 3 aromatic rings. The molecule has 1 N–H and O–H groups in total. The van der Waals surface area contributed by atoms with E-state index in [-0.39, 0.29) is 16.9 Å². The third kappa shape index (κ3) is 4.75. The van der Waals surface area contributed by atoms with Crippen LogP contribution in [0, 0.1) is 5.82 Å². The van der Waals surface area contributed by atoms with Gasteiger partial charge in [-0.1, -0.05) is 29.4 Å². The van der Waals surface area contributed by atoms with E-state index in [2.05, 4.69) is 14.9 Å². The number of aromatic nitrogens is 2. The van der Waals surface area contributed by atoms with E-state index in [1.807, 2.05) is 0 Å². The predicted molar refractivity (Wildman–Crippen MR) is 99.2 cm³/mol. The van der Waals surface area contributed by atoms with E-state index in [1.165, 1.54) is 17.8 Å². The van der Waals surface area contributed by atoms with Crippen molar-refractivity contribution in [2.24, 2.45) is 0 Å². The van der Waals surface area contributed by atoms with Crippen LogP contribution >= 0.6 is 23.4 Å². The topological polar surface area (TPSA) is 85.1 Å². The Labute approximate surface area is 158 Å². The van der Waals surface area contributed by atoms with Gasteiger partial charge in [0, 0.05) is 27.6 Å². The molecule has 10 heteroatoms. The molecule has 0 aliphatic rings. The van der Waals surface area contributed by atoms with Crippen LogP contribution in [0.2, 0.25) is 5.02 Å². The third-order valence-corrected chi connectivity index (χ3v) is 5.05. The van der Waals surface area contributed by atoms with Gasteiger partial charge in [-0.2, -0.15) is 0 Å². The second kappa shape index (κ2) is 7.65. The van der Waals surface area contributed by atoms with Crippen LogP contribution in [0.25, 0.3) is 11.5 Å². The smallest absolute Gasteiger partial charge is 0.277 e. The fraction of sp³-hybridized carbons (Fsp3) is 0.125. The number of benzene rings is 2.